The molecule has 4 aromatic rings. The van der Waals surface area contributed by atoms with Crippen LogP contribution in [-0.4, -0.2) is 46.3 Å². The van der Waals surface area contributed by atoms with Gasteiger partial charge in [-0.15, -0.1) is 0 Å². The zero-order valence-electron chi connectivity index (χ0n) is 21.2. The highest BCUT2D eigenvalue weighted by molar-refractivity contribution is 7.89. The standard InChI is InChI=1S/C26H23F3N6O4S/c1-26(2)13-35(40(38,39)17-9-15(27)8-16(28)10-17)12-18-22(26)33-34-23(18)32-25(37)21-19(29)4-3-5-20(21)31-24(36)14-6-7-30-11-14/h3-11,30H,12-13H2,1-2H3,(H,31,36)(H2,32,33,34,37). The van der Waals surface area contributed by atoms with Crippen LogP contribution in [0.3, 0.4) is 0 Å². The maximum atomic E-state index is 14.9. The van der Waals surface area contributed by atoms with Gasteiger partial charge in [-0.05, 0) is 30.3 Å². The molecule has 2 amide bonds. The number of nitrogens with one attached hydrogen (secondary N) is 4. The number of anilines is 2. The first-order valence-corrected chi connectivity index (χ1v) is 13.4. The van der Waals surface area contributed by atoms with Crippen molar-refractivity contribution in [1.82, 2.24) is 19.5 Å². The number of hydrogen-bond donors (Lipinski definition) is 4. The van der Waals surface area contributed by atoms with Gasteiger partial charge in [-0.25, -0.2) is 21.6 Å². The third kappa shape index (κ3) is 4.98. The molecule has 0 spiro atoms. The van der Waals surface area contributed by atoms with Gasteiger partial charge in [0.25, 0.3) is 11.8 Å². The molecule has 2 aromatic heterocycles. The molecule has 208 valence electrons. The summed E-state index contributed by atoms with van der Waals surface area (Å²) in [7, 11) is -4.36. The highest BCUT2D eigenvalue weighted by atomic mass is 32.2. The maximum Gasteiger partial charge on any atom is 0.261 e. The molecule has 5 rings (SSSR count). The molecule has 0 aliphatic carbocycles. The van der Waals surface area contributed by atoms with E-state index in [4.69, 9.17) is 0 Å². The number of amides is 2. The molecule has 0 atom stereocenters. The van der Waals surface area contributed by atoms with E-state index in [1.165, 1.54) is 30.6 Å². The molecule has 0 saturated heterocycles. The lowest BCUT2D eigenvalue weighted by Crippen LogP contribution is -2.45. The molecule has 40 heavy (non-hydrogen) atoms. The first-order valence-electron chi connectivity index (χ1n) is 11.9. The number of carbonyl (C=O) groups is 2. The topological polar surface area (TPSA) is 140 Å². The van der Waals surface area contributed by atoms with Crippen molar-refractivity contribution in [2.75, 3.05) is 17.2 Å². The second-order valence-corrected chi connectivity index (χ2v) is 11.8. The van der Waals surface area contributed by atoms with E-state index in [9.17, 15) is 31.2 Å². The average molecular weight is 573 g/mol. The Hall–Kier alpha value is -4.43. The molecule has 1 aliphatic heterocycles. The van der Waals surface area contributed by atoms with Crippen LogP contribution in [-0.2, 0) is 22.0 Å². The van der Waals surface area contributed by atoms with Gasteiger partial charge < -0.3 is 15.6 Å². The molecule has 0 saturated carbocycles. The minimum atomic E-state index is -4.36. The summed E-state index contributed by atoms with van der Waals surface area (Å²) in [5.41, 5.74) is -0.327. The smallest absolute Gasteiger partial charge is 0.261 e. The summed E-state index contributed by atoms with van der Waals surface area (Å²) >= 11 is 0. The van der Waals surface area contributed by atoms with Crippen molar-refractivity contribution in [3.63, 3.8) is 0 Å². The Balaban J connectivity index is 1.46. The first kappa shape index (κ1) is 27.1. The van der Waals surface area contributed by atoms with Gasteiger partial charge in [-0.3, -0.25) is 14.7 Å². The van der Waals surface area contributed by atoms with E-state index in [0.717, 1.165) is 22.5 Å². The van der Waals surface area contributed by atoms with E-state index < -0.39 is 55.2 Å². The highest BCUT2D eigenvalue weighted by Crippen LogP contribution is 2.38. The predicted octanol–water partition coefficient (Wildman–Crippen LogP) is 4.14. The van der Waals surface area contributed by atoms with Gasteiger partial charge in [0.1, 0.15) is 17.5 Å². The van der Waals surface area contributed by atoms with Crippen LogP contribution < -0.4 is 10.6 Å². The number of halogens is 3. The lowest BCUT2D eigenvalue weighted by molar-refractivity contribution is 0.102. The van der Waals surface area contributed by atoms with E-state index in [1.54, 1.807) is 13.8 Å². The van der Waals surface area contributed by atoms with Crippen molar-refractivity contribution >= 4 is 33.3 Å². The Morgan fingerprint density at radius 3 is 2.42 bits per heavy atom. The van der Waals surface area contributed by atoms with Crippen LogP contribution in [0.1, 0.15) is 45.8 Å². The molecule has 3 heterocycles. The van der Waals surface area contributed by atoms with Crippen LogP contribution in [0.5, 0.6) is 0 Å². The van der Waals surface area contributed by atoms with Crippen molar-refractivity contribution in [3.8, 4) is 0 Å². The fraction of sp³-hybridized carbons (Fsp3) is 0.192. The molecule has 0 bridgehead atoms. The van der Waals surface area contributed by atoms with Crippen molar-refractivity contribution in [3.05, 3.63) is 94.7 Å². The normalized spacial score (nSPS) is 14.9. The van der Waals surface area contributed by atoms with Crippen LogP contribution in [0.4, 0.5) is 24.7 Å². The zero-order valence-corrected chi connectivity index (χ0v) is 22.0. The van der Waals surface area contributed by atoms with Gasteiger partial charge in [0.2, 0.25) is 10.0 Å². The summed E-state index contributed by atoms with van der Waals surface area (Å²) in [6, 6.07) is 7.26. The molecular formula is C26H23F3N6O4S. The van der Waals surface area contributed by atoms with E-state index >= 15 is 0 Å². The second-order valence-electron chi connectivity index (χ2n) is 9.86. The van der Waals surface area contributed by atoms with E-state index in [-0.39, 0.29) is 30.2 Å². The summed E-state index contributed by atoms with van der Waals surface area (Å²) in [5, 5.41) is 11.9. The number of nitrogens with zero attached hydrogens (tertiary/aromatic N) is 2. The summed E-state index contributed by atoms with van der Waals surface area (Å²) in [6.45, 7) is 3.11. The SMILES string of the molecule is CC1(C)CN(S(=O)(=O)c2cc(F)cc(F)c2)Cc2c(NC(=O)c3c(F)cccc3NC(=O)c3cc[nH]c3)n[nH]c21. The number of benzene rings is 2. The number of aromatic nitrogens is 3. The largest absolute Gasteiger partial charge is 0.367 e. The van der Waals surface area contributed by atoms with Gasteiger partial charge in [0.05, 0.1) is 21.7 Å². The Kier molecular flexibility index (Phi) is 6.75. The number of fused-ring (bicyclic) bond motifs is 1. The molecule has 14 heteroatoms. The van der Waals surface area contributed by atoms with Crippen LogP contribution in [0.25, 0.3) is 0 Å². The van der Waals surface area contributed by atoms with Crippen molar-refractivity contribution in [1.29, 1.82) is 0 Å². The van der Waals surface area contributed by atoms with Gasteiger partial charge in [0.15, 0.2) is 5.82 Å². The van der Waals surface area contributed by atoms with E-state index in [1.807, 2.05) is 0 Å². The molecule has 4 N–H and O–H groups in total. The van der Waals surface area contributed by atoms with Crippen molar-refractivity contribution in [2.24, 2.45) is 0 Å². The van der Waals surface area contributed by atoms with Gasteiger partial charge in [-0.2, -0.15) is 9.40 Å². The number of rotatable bonds is 6. The molecule has 0 unspecified atom stereocenters. The number of aromatic amines is 2. The summed E-state index contributed by atoms with van der Waals surface area (Å²) < 4.78 is 70.2. The fourth-order valence-corrected chi connectivity index (χ4v) is 6.23. The average Bonchev–Trinajstić information content (AvgIpc) is 3.54. The van der Waals surface area contributed by atoms with Crippen LogP contribution in [0.2, 0.25) is 0 Å². The number of sulfonamides is 1. The molecular weight excluding hydrogens is 549 g/mol. The summed E-state index contributed by atoms with van der Waals surface area (Å²) in [4.78, 5) is 28.0. The Morgan fingerprint density at radius 2 is 1.75 bits per heavy atom. The minimum Gasteiger partial charge on any atom is -0.367 e. The molecule has 2 aromatic carbocycles. The third-order valence-corrected chi connectivity index (χ3v) is 8.27. The Labute approximate surface area is 226 Å². The molecule has 0 radical (unpaired) electrons. The molecule has 10 nitrogen and oxygen atoms in total. The quantitative estimate of drug-likeness (QED) is 0.275. The number of H-pyrrole nitrogens is 2. The maximum absolute atomic E-state index is 14.9. The number of carbonyl (C=O) groups excluding carboxylic acids is 2. The van der Waals surface area contributed by atoms with Gasteiger partial charge in [0, 0.05) is 48.2 Å². The van der Waals surface area contributed by atoms with Crippen molar-refractivity contribution < 1.29 is 31.2 Å². The Morgan fingerprint density at radius 1 is 1.02 bits per heavy atom. The van der Waals surface area contributed by atoms with Gasteiger partial charge >= 0.3 is 0 Å². The summed E-state index contributed by atoms with van der Waals surface area (Å²) in [5.74, 6) is -4.58. The highest BCUT2D eigenvalue weighted by Gasteiger charge is 2.41. The monoisotopic (exact) mass is 572 g/mol. The third-order valence-electron chi connectivity index (χ3n) is 6.50. The molecule has 1 aliphatic rings. The predicted molar refractivity (Wildman–Crippen MR) is 139 cm³/mol. The first-order chi connectivity index (χ1) is 18.9. The zero-order chi connectivity index (χ0) is 28.8. The lowest BCUT2D eigenvalue weighted by Gasteiger charge is -2.36. The second kappa shape index (κ2) is 9.95. The lowest BCUT2D eigenvalue weighted by atomic mass is 9.84. The fourth-order valence-electron chi connectivity index (χ4n) is 4.62. The van der Waals surface area contributed by atoms with Gasteiger partial charge in [-0.1, -0.05) is 19.9 Å². The Bertz CT molecular complexity index is 1710. The van der Waals surface area contributed by atoms with Crippen LogP contribution in [0.15, 0.2) is 59.8 Å². The van der Waals surface area contributed by atoms with E-state index in [0.29, 0.717) is 17.3 Å². The van der Waals surface area contributed by atoms with E-state index in [2.05, 4.69) is 25.8 Å². The number of hydrogen-bond acceptors (Lipinski definition) is 5. The van der Waals surface area contributed by atoms with Crippen molar-refractivity contribution in [2.45, 2.75) is 30.7 Å². The minimum absolute atomic E-state index is 0.0569. The van der Waals surface area contributed by atoms with Crippen LogP contribution in [0, 0.1) is 17.5 Å². The molecule has 0 fully saturated rings. The van der Waals surface area contributed by atoms with Crippen LogP contribution >= 0.6 is 0 Å². The summed E-state index contributed by atoms with van der Waals surface area (Å²) in [6.07, 6.45) is 2.97.